The summed E-state index contributed by atoms with van der Waals surface area (Å²) in [7, 11) is 1.56. The fraction of sp³-hybridized carbons (Fsp3) is 0.200. The summed E-state index contributed by atoms with van der Waals surface area (Å²) in [6.45, 7) is 1.76. The molecule has 0 heterocycles. The summed E-state index contributed by atoms with van der Waals surface area (Å²) in [6, 6.07) is 8.49. The molecular weight excluding hydrogens is 328 g/mol. The van der Waals surface area contributed by atoms with E-state index in [0.717, 1.165) is 16.6 Å². The first-order valence-electron chi connectivity index (χ1n) is 6.06. The van der Waals surface area contributed by atoms with Crippen LogP contribution in [0.2, 0.25) is 0 Å². The smallest absolute Gasteiger partial charge is 0.142 e. The number of benzene rings is 2. The van der Waals surface area contributed by atoms with Crippen molar-refractivity contribution in [2.45, 2.75) is 13.0 Å². The van der Waals surface area contributed by atoms with E-state index in [1.165, 1.54) is 6.07 Å². The molecule has 0 amide bonds. The summed E-state index contributed by atoms with van der Waals surface area (Å²) in [5, 5.41) is 3.12. The molecule has 0 saturated heterocycles. The fourth-order valence-electron chi connectivity index (χ4n) is 1.95. The van der Waals surface area contributed by atoms with Crippen molar-refractivity contribution in [3.63, 3.8) is 0 Å². The molecule has 0 aliphatic rings. The Balaban J connectivity index is 2.29. The van der Waals surface area contributed by atoms with Gasteiger partial charge in [-0.3, -0.25) is 0 Å². The minimum Gasteiger partial charge on any atom is -0.495 e. The van der Waals surface area contributed by atoms with Gasteiger partial charge in [0.15, 0.2) is 0 Å². The number of hydrogen-bond donors (Lipinski definition) is 1. The maximum atomic E-state index is 13.7. The van der Waals surface area contributed by atoms with E-state index in [9.17, 15) is 8.78 Å². The second-order valence-corrected chi connectivity index (χ2v) is 5.29. The van der Waals surface area contributed by atoms with Gasteiger partial charge in [-0.1, -0.05) is 15.9 Å². The highest BCUT2D eigenvalue weighted by Gasteiger charge is 2.14. The minimum absolute atomic E-state index is 0.270. The number of hydrogen-bond acceptors (Lipinski definition) is 2. The zero-order chi connectivity index (χ0) is 14.7. The molecule has 0 bridgehead atoms. The number of methoxy groups -OCH3 is 1. The second-order valence-electron chi connectivity index (χ2n) is 4.38. The van der Waals surface area contributed by atoms with Crippen LogP contribution in [-0.4, -0.2) is 7.11 Å². The van der Waals surface area contributed by atoms with Crippen LogP contribution in [-0.2, 0) is 0 Å². The third-order valence-corrected chi connectivity index (χ3v) is 3.45. The molecule has 0 aromatic heterocycles. The molecule has 1 N–H and O–H groups in total. The summed E-state index contributed by atoms with van der Waals surface area (Å²) in [6.07, 6.45) is 0. The summed E-state index contributed by atoms with van der Waals surface area (Å²) in [5.74, 6) is -0.270. The van der Waals surface area contributed by atoms with Gasteiger partial charge in [-0.25, -0.2) is 8.78 Å². The Hall–Kier alpha value is -1.62. The first-order valence-corrected chi connectivity index (χ1v) is 6.85. The molecular formula is C15H14BrF2NO. The van der Waals surface area contributed by atoms with Crippen molar-refractivity contribution < 1.29 is 13.5 Å². The summed E-state index contributed by atoms with van der Waals surface area (Å²) < 4.78 is 33.1. The van der Waals surface area contributed by atoms with E-state index in [-0.39, 0.29) is 5.56 Å². The van der Waals surface area contributed by atoms with Crippen molar-refractivity contribution in [3.05, 3.63) is 58.1 Å². The average Bonchev–Trinajstić information content (AvgIpc) is 2.41. The SMILES string of the molecule is COc1ccc(Br)cc1NC(C)c1cc(F)ccc1F. The van der Waals surface area contributed by atoms with Crippen LogP contribution >= 0.6 is 15.9 Å². The molecule has 0 saturated carbocycles. The Morgan fingerprint density at radius 1 is 1.15 bits per heavy atom. The third kappa shape index (κ3) is 3.28. The second kappa shape index (κ2) is 6.22. The van der Waals surface area contributed by atoms with Crippen LogP contribution < -0.4 is 10.1 Å². The molecule has 2 nitrogen and oxygen atoms in total. The standard InChI is InChI=1S/C15H14BrF2NO/c1-9(12-8-11(17)4-5-13(12)18)19-14-7-10(16)3-6-15(14)20-2/h3-9,19H,1-2H3. The molecule has 0 aliphatic carbocycles. The summed E-state index contributed by atoms with van der Waals surface area (Å²) in [5.41, 5.74) is 0.977. The van der Waals surface area contributed by atoms with E-state index in [4.69, 9.17) is 4.74 Å². The van der Waals surface area contributed by atoms with Gasteiger partial charge in [-0.15, -0.1) is 0 Å². The normalized spacial score (nSPS) is 12.1. The molecule has 1 unspecified atom stereocenters. The fourth-order valence-corrected chi connectivity index (χ4v) is 2.31. The monoisotopic (exact) mass is 341 g/mol. The maximum Gasteiger partial charge on any atom is 0.142 e. The first-order chi connectivity index (χ1) is 9.51. The van der Waals surface area contributed by atoms with Crippen LogP contribution in [0.5, 0.6) is 5.75 Å². The molecule has 0 fully saturated rings. The number of nitrogens with one attached hydrogen (secondary N) is 1. The lowest BCUT2D eigenvalue weighted by atomic mass is 10.1. The van der Waals surface area contributed by atoms with E-state index in [2.05, 4.69) is 21.2 Å². The molecule has 0 radical (unpaired) electrons. The quantitative estimate of drug-likeness (QED) is 0.853. The maximum absolute atomic E-state index is 13.7. The van der Waals surface area contributed by atoms with Gasteiger partial charge in [0.05, 0.1) is 18.8 Å². The molecule has 5 heteroatoms. The predicted molar refractivity (Wildman–Crippen MR) is 79.1 cm³/mol. The Kier molecular flexibility index (Phi) is 4.60. The molecule has 0 aliphatic heterocycles. The van der Waals surface area contributed by atoms with Gasteiger partial charge in [-0.2, -0.15) is 0 Å². The van der Waals surface area contributed by atoms with E-state index in [1.807, 2.05) is 12.1 Å². The Bertz CT molecular complexity index is 619. The van der Waals surface area contributed by atoms with E-state index < -0.39 is 17.7 Å². The Morgan fingerprint density at radius 2 is 1.90 bits per heavy atom. The lowest BCUT2D eigenvalue weighted by Crippen LogP contribution is -2.10. The third-order valence-electron chi connectivity index (χ3n) is 2.96. The van der Waals surface area contributed by atoms with Crippen molar-refractivity contribution in [2.75, 3.05) is 12.4 Å². The molecule has 2 aromatic carbocycles. The van der Waals surface area contributed by atoms with Crippen LogP contribution in [0.25, 0.3) is 0 Å². The van der Waals surface area contributed by atoms with E-state index in [0.29, 0.717) is 11.4 Å². The molecule has 106 valence electrons. The highest BCUT2D eigenvalue weighted by atomic mass is 79.9. The topological polar surface area (TPSA) is 21.3 Å². The van der Waals surface area contributed by atoms with Crippen LogP contribution in [0.1, 0.15) is 18.5 Å². The molecule has 0 spiro atoms. The van der Waals surface area contributed by atoms with Gasteiger partial charge in [-0.05, 0) is 43.3 Å². The van der Waals surface area contributed by atoms with Gasteiger partial charge in [0.1, 0.15) is 17.4 Å². The summed E-state index contributed by atoms with van der Waals surface area (Å²) >= 11 is 3.37. The first kappa shape index (κ1) is 14.8. The summed E-state index contributed by atoms with van der Waals surface area (Å²) in [4.78, 5) is 0. The van der Waals surface area contributed by atoms with Crippen molar-refractivity contribution in [1.29, 1.82) is 0 Å². The van der Waals surface area contributed by atoms with Gasteiger partial charge in [0.25, 0.3) is 0 Å². The van der Waals surface area contributed by atoms with Crippen LogP contribution in [0.15, 0.2) is 40.9 Å². The largest absolute Gasteiger partial charge is 0.495 e. The van der Waals surface area contributed by atoms with Crippen LogP contribution in [0, 0.1) is 11.6 Å². The Morgan fingerprint density at radius 3 is 2.60 bits per heavy atom. The van der Waals surface area contributed by atoms with Crippen LogP contribution in [0.4, 0.5) is 14.5 Å². The van der Waals surface area contributed by atoms with Gasteiger partial charge < -0.3 is 10.1 Å². The highest BCUT2D eigenvalue weighted by molar-refractivity contribution is 9.10. The van der Waals surface area contributed by atoms with Gasteiger partial charge in [0.2, 0.25) is 0 Å². The van der Waals surface area contributed by atoms with E-state index in [1.54, 1.807) is 20.1 Å². The lowest BCUT2D eigenvalue weighted by molar-refractivity contribution is 0.416. The zero-order valence-corrected chi connectivity index (χ0v) is 12.7. The van der Waals surface area contributed by atoms with Crippen molar-refractivity contribution in [1.82, 2.24) is 0 Å². The molecule has 2 aromatic rings. The lowest BCUT2D eigenvalue weighted by Gasteiger charge is -2.18. The van der Waals surface area contributed by atoms with Crippen molar-refractivity contribution in [3.8, 4) is 5.75 Å². The number of anilines is 1. The van der Waals surface area contributed by atoms with Crippen LogP contribution in [0.3, 0.4) is 0 Å². The molecule has 2 rings (SSSR count). The minimum atomic E-state index is -0.462. The number of ether oxygens (including phenoxy) is 1. The molecule has 20 heavy (non-hydrogen) atoms. The van der Waals surface area contributed by atoms with Gasteiger partial charge in [0, 0.05) is 10.0 Å². The van der Waals surface area contributed by atoms with Gasteiger partial charge >= 0.3 is 0 Å². The predicted octanol–water partition coefficient (Wildman–Crippen LogP) is 4.91. The average molecular weight is 342 g/mol. The Labute approximate surface area is 124 Å². The van der Waals surface area contributed by atoms with Crippen molar-refractivity contribution in [2.24, 2.45) is 0 Å². The van der Waals surface area contributed by atoms with E-state index >= 15 is 0 Å². The van der Waals surface area contributed by atoms with Crippen molar-refractivity contribution >= 4 is 21.6 Å². The molecule has 1 atom stereocenters. The number of halogens is 3. The zero-order valence-electron chi connectivity index (χ0n) is 11.1. The highest BCUT2D eigenvalue weighted by Crippen LogP contribution is 2.31. The number of rotatable bonds is 4.